The minimum absolute atomic E-state index is 0.150. The maximum absolute atomic E-state index is 12.7. The van der Waals surface area contributed by atoms with Crippen LogP contribution in [0, 0.1) is 0 Å². The summed E-state index contributed by atoms with van der Waals surface area (Å²) >= 11 is 0. The van der Waals surface area contributed by atoms with Crippen LogP contribution in [0.4, 0.5) is 0 Å². The molecule has 338 valence electrons. The molecule has 0 amide bonds. The molecule has 1 atom stereocenters. The Kier molecular flexibility index (Phi) is 44.3. The number of allylic oxidation sites excluding steroid dienone is 24. The van der Waals surface area contributed by atoms with Crippen molar-refractivity contribution >= 4 is 17.9 Å². The lowest BCUT2D eigenvalue weighted by Crippen LogP contribution is -2.30. The van der Waals surface area contributed by atoms with Gasteiger partial charge in [-0.3, -0.25) is 14.4 Å². The summed E-state index contributed by atoms with van der Waals surface area (Å²) in [7, 11) is 0. The number of carbonyl (C=O) groups excluding carboxylic acids is 3. The molecule has 0 saturated carbocycles. The highest BCUT2D eigenvalue weighted by atomic mass is 16.6. The van der Waals surface area contributed by atoms with Gasteiger partial charge in [0.2, 0.25) is 0 Å². The second kappa shape index (κ2) is 48.0. The van der Waals surface area contributed by atoms with Crippen LogP contribution in [-0.4, -0.2) is 37.2 Å². The maximum Gasteiger partial charge on any atom is 0.306 e. The molecule has 0 aliphatic carbocycles. The fourth-order valence-electron chi connectivity index (χ4n) is 5.55. The van der Waals surface area contributed by atoms with E-state index in [2.05, 4.69) is 75.5 Å². The van der Waals surface area contributed by atoms with Crippen molar-refractivity contribution in [2.24, 2.45) is 0 Å². The van der Waals surface area contributed by atoms with Gasteiger partial charge in [-0.25, -0.2) is 0 Å². The van der Waals surface area contributed by atoms with Gasteiger partial charge in [-0.05, 0) is 83.5 Å². The molecule has 0 aliphatic rings. The number of ether oxygens (including phenoxy) is 3. The monoisotopic (exact) mass is 839 g/mol. The Bertz CT molecular complexity index is 1430. The van der Waals surface area contributed by atoms with E-state index in [0.717, 1.165) is 51.4 Å². The Hall–Kier alpha value is -4.71. The predicted molar refractivity (Wildman–Crippen MR) is 260 cm³/mol. The fraction of sp³-hybridized carbons (Fsp3) is 0.509. The fourth-order valence-corrected chi connectivity index (χ4v) is 5.55. The van der Waals surface area contributed by atoms with E-state index in [1.54, 1.807) is 0 Å². The highest BCUT2D eigenvalue weighted by Crippen LogP contribution is 2.10. The van der Waals surface area contributed by atoms with Crippen molar-refractivity contribution in [2.45, 2.75) is 168 Å². The molecule has 0 N–H and O–H groups in total. The van der Waals surface area contributed by atoms with Gasteiger partial charge in [-0.2, -0.15) is 0 Å². The van der Waals surface area contributed by atoms with Crippen LogP contribution in [0.5, 0.6) is 0 Å². The molecular weight excluding hydrogens is 757 g/mol. The average Bonchev–Trinajstić information content (AvgIpc) is 3.26. The lowest BCUT2D eigenvalue weighted by atomic mass is 10.1. The van der Waals surface area contributed by atoms with E-state index in [9.17, 15) is 14.4 Å². The molecule has 6 heteroatoms. The Morgan fingerprint density at radius 2 is 0.721 bits per heavy atom. The Labute approximate surface area is 372 Å². The molecule has 0 aliphatic heterocycles. The number of hydrogen-bond acceptors (Lipinski definition) is 6. The third-order valence-corrected chi connectivity index (χ3v) is 9.03. The first kappa shape index (κ1) is 56.3. The van der Waals surface area contributed by atoms with E-state index in [1.807, 2.05) is 91.1 Å². The van der Waals surface area contributed by atoms with E-state index in [4.69, 9.17) is 14.2 Å². The van der Waals surface area contributed by atoms with Crippen LogP contribution in [0.2, 0.25) is 0 Å². The first-order valence-corrected chi connectivity index (χ1v) is 23.5. The summed E-state index contributed by atoms with van der Waals surface area (Å²) in [5.74, 6) is -1.13. The van der Waals surface area contributed by atoms with Gasteiger partial charge in [0.25, 0.3) is 0 Å². The van der Waals surface area contributed by atoms with E-state index >= 15 is 0 Å². The van der Waals surface area contributed by atoms with Gasteiger partial charge in [-0.15, -0.1) is 0 Å². The molecule has 0 spiro atoms. The van der Waals surface area contributed by atoms with Gasteiger partial charge in [0, 0.05) is 19.3 Å². The van der Waals surface area contributed by atoms with Crippen molar-refractivity contribution in [3.05, 3.63) is 146 Å². The van der Waals surface area contributed by atoms with Crippen LogP contribution in [0.1, 0.15) is 162 Å². The molecule has 0 aromatic carbocycles. The van der Waals surface area contributed by atoms with Gasteiger partial charge >= 0.3 is 17.9 Å². The molecule has 1 unspecified atom stereocenters. The lowest BCUT2D eigenvalue weighted by molar-refractivity contribution is -0.167. The number of hydrogen-bond donors (Lipinski definition) is 0. The summed E-state index contributed by atoms with van der Waals surface area (Å²) in [5, 5.41) is 0. The van der Waals surface area contributed by atoms with Gasteiger partial charge in [0.15, 0.2) is 6.10 Å². The molecule has 61 heavy (non-hydrogen) atoms. The Balaban J connectivity index is 4.66. The summed E-state index contributed by atoms with van der Waals surface area (Å²) < 4.78 is 16.6. The van der Waals surface area contributed by atoms with Crippen molar-refractivity contribution in [3.8, 4) is 0 Å². The van der Waals surface area contributed by atoms with Gasteiger partial charge < -0.3 is 14.2 Å². The third kappa shape index (κ3) is 46.2. The normalized spacial score (nSPS) is 13.4. The van der Waals surface area contributed by atoms with E-state index in [1.165, 1.54) is 44.9 Å². The number of carbonyl (C=O) groups is 3. The van der Waals surface area contributed by atoms with E-state index in [-0.39, 0.29) is 44.4 Å². The summed E-state index contributed by atoms with van der Waals surface area (Å²) in [5.41, 5.74) is 0. The molecule has 0 aromatic heterocycles. The average molecular weight is 839 g/mol. The molecule has 0 aromatic rings. The SMILES string of the molecule is CC/C=C/C=C/C=C/C=C/C=C/CCCC(=O)OC(COC(=O)CCC/C=C/C/C=C/C/C=C/CCCCCCCC)COC(=O)CCCCC/C=C/C=C/C=C/C=C/CC. The second-order valence-corrected chi connectivity index (χ2v) is 14.8. The number of rotatable bonds is 39. The van der Waals surface area contributed by atoms with Crippen molar-refractivity contribution in [2.75, 3.05) is 13.2 Å². The quantitative estimate of drug-likeness (QED) is 0.0202. The zero-order valence-electron chi connectivity index (χ0n) is 38.4. The minimum atomic E-state index is -0.857. The number of unbranched alkanes of at least 4 members (excludes halogenated alkanes) is 11. The van der Waals surface area contributed by atoms with Crippen LogP contribution in [0.15, 0.2) is 146 Å². The van der Waals surface area contributed by atoms with E-state index < -0.39 is 12.1 Å². The summed E-state index contributed by atoms with van der Waals surface area (Å²) in [4.78, 5) is 37.8. The highest BCUT2D eigenvalue weighted by molar-refractivity contribution is 5.71. The first-order valence-electron chi connectivity index (χ1n) is 23.5. The molecule has 0 bridgehead atoms. The van der Waals surface area contributed by atoms with Crippen molar-refractivity contribution < 1.29 is 28.6 Å². The maximum atomic E-state index is 12.7. The smallest absolute Gasteiger partial charge is 0.306 e. The van der Waals surface area contributed by atoms with Crippen LogP contribution in [0.25, 0.3) is 0 Å². The molecule has 0 heterocycles. The Morgan fingerprint density at radius 1 is 0.361 bits per heavy atom. The molecule has 0 rings (SSSR count). The first-order chi connectivity index (χ1) is 30.0. The van der Waals surface area contributed by atoms with E-state index in [0.29, 0.717) is 25.7 Å². The molecule has 0 fully saturated rings. The van der Waals surface area contributed by atoms with Crippen LogP contribution >= 0.6 is 0 Å². The lowest BCUT2D eigenvalue weighted by Gasteiger charge is -2.18. The standard InChI is InChI=1S/C55H82O6/c1-4-7-10-13-16-19-22-25-26-27-28-31-33-36-39-42-45-48-54(57)60-51-52(61-55(58)49-46-43-40-37-34-30-24-21-18-15-12-9-6-3)50-59-53(56)47-44-41-38-35-32-29-23-20-17-14-11-8-5-2/h8-9,11-12,14-15,17-18,20-21,23-26,28-32,34,36-37,39-40,52H,4-7,10,13,16,19,22,27,33,35,38,41-51H2,1-3H3/b11-8+,12-9+,17-14+,18-15+,23-20+,24-21+,26-25+,31-28+,32-29+,34-30+,39-36+,40-37+. The van der Waals surface area contributed by atoms with Gasteiger partial charge in [0.1, 0.15) is 13.2 Å². The third-order valence-electron chi connectivity index (χ3n) is 9.03. The van der Waals surface area contributed by atoms with Gasteiger partial charge in [-0.1, -0.05) is 205 Å². The molecule has 0 radical (unpaired) electrons. The van der Waals surface area contributed by atoms with Crippen molar-refractivity contribution in [1.29, 1.82) is 0 Å². The zero-order valence-corrected chi connectivity index (χ0v) is 38.4. The Morgan fingerprint density at radius 3 is 1.23 bits per heavy atom. The molecule has 6 nitrogen and oxygen atoms in total. The van der Waals surface area contributed by atoms with Crippen LogP contribution < -0.4 is 0 Å². The second-order valence-electron chi connectivity index (χ2n) is 14.8. The summed E-state index contributed by atoms with van der Waals surface area (Å²) in [6.07, 6.45) is 68.5. The zero-order chi connectivity index (χ0) is 44.4. The largest absolute Gasteiger partial charge is 0.462 e. The summed E-state index contributed by atoms with van der Waals surface area (Å²) in [6.45, 7) is 6.16. The predicted octanol–water partition coefficient (Wildman–Crippen LogP) is 15.3. The molecule has 0 saturated heterocycles. The summed E-state index contributed by atoms with van der Waals surface area (Å²) in [6, 6.07) is 0. The van der Waals surface area contributed by atoms with Crippen molar-refractivity contribution in [3.63, 3.8) is 0 Å². The van der Waals surface area contributed by atoms with Crippen LogP contribution in [-0.2, 0) is 28.6 Å². The molecular formula is C55H82O6. The van der Waals surface area contributed by atoms with Gasteiger partial charge in [0.05, 0.1) is 0 Å². The minimum Gasteiger partial charge on any atom is -0.462 e. The van der Waals surface area contributed by atoms with Crippen LogP contribution in [0.3, 0.4) is 0 Å². The topological polar surface area (TPSA) is 78.9 Å². The highest BCUT2D eigenvalue weighted by Gasteiger charge is 2.19. The van der Waals surface area contributed by atoms with Crippen molar-refractivity contribution in [1.82, 2.24) is 0 Å². The number of esters is 3.